The molecule has 3 heteroatoms. The van der Waals surface area contributed by atoms with Crippen molar-refractivity contribution in [1.82, 2.24) is 0 Å². The average molecular weight is 218 g/mol. The molecule has 14 heavy (non-hydrogen) atoms. The topological polar surface area (TPSA) is 18.5 Å². The van der Waals surface area contributed by atoms with Crippen molar-refractivity contribution in [2.24, 2.45) is 11.8 Å². The molecular formula is C11H26O2Si. The van der Waals surface area contributed by atoms with Gasteiger partial charge in [0.05, 0.1) is 0 Å². The molecule has 0 aromatic rings. The molecule has 0 rings (SSSR count). The molecule has 0 heterocycles. The summed E-state index contributed by atoms with van der Waals surface area (Å²) in [6.45, 7) is 9.07. The molecule has 0 aliphatic carbocycles. The van der Waals surface area contributed by atoms with Crippen molar-refractivity contribution in [3.8, 4) is 0 Å². The third-order valence-electron chi connectivity index (χ3n) is 2.40. The van der Waals surface area contributed by atoms with Gasteiger partial charge >= 0.3 is 9.28 Å². The highest BCUT2D eigenvalue weighted by Crippen LogP contribution is 2.28. The van der Waals surface area contributed by atoms with Crippen molar-refractivity contribution in [3.05, 3.63) is 0 Å². The van der Waals surface area contributed by atoms with Crippen LogP contribution in [0.1, 0.15) is 40.5 Å². The second-order valence-electron chi connectivity index (χ2n) is 4.86. The molecule has 0 spiro atoms. The third-order valence-corrected chi connectivity index (χ3v) is 4.64. The summed E-state index contributed by atoms with van der Waals surface area (Å²) in [6.07, 6.45) is 2.47. The molecular weight excluding hydrogens is 192 g/mol. The molecule has 0 aliphatic rings. The van der Waals surface area contributed by atoms with Crippen molar-refractivity contribution >= 4 is 9.28 Å². The Bertz CT molecular complexity index is 123. The Hall–Kier alpha value is 0.137. The maximum atomic E-state index is 5.48. The van der Waals surface area contributed by atoms with Crippen molar-refractivity contribution in [2.45, 2.75) is 46.1 Å². The van der Waals surface area contributed by atoms with E-state index in [-0.39, 0.29) is 0 Å². The van der Waals surface area contributed by atoms with E-state index in [1.165, 1.54) is 12.8 Å². The van der Waals surface area contributed by atoms with Gasteiger partial charge in [0.25, 0.3) is 0 Å². The normalized spacial score (nSPS) is 12.4. The minimum Gasteiger partial charge on any atom is -0.400 e. The minimum atomic E-state index is -1.42. The van der Waals surface area contributed by atoms with Crippen LogP contribution in [-0.4, -0.2) is 23.5 Å². The highest BCUT2D eigenvalue weighted by Gasteiger charge is 2.25. The van der Waals surface area contributed by atoms with Crippen LogP contribution < -0.4 is 0 Å². The van der Waals surface area contributed by atoms with Gasteiger partial charge in [0.1, 0.15) is 0 Å². The Morgan fingerprint density at radius 3 is 1.43 bits per heavy atom. The molecule has 0 aromatic carbocycles. The third kappa shape index (κ3) is 5.78. The first-order chi connectivity index (χ1) is 6.51. The first kappa shape index (κ1) is 14.1. The summed E-state index contributed by atoms with van der Waals surface area (Å²) in [5, 5.41) is 0. The molecule has 0 amide bonds. The van der Waals surface area contributed by atoms with Crippen molar-refractivity contribution in [3.63, 3.8) is 0 Å². The lowest BCUT2D eigenvalue weighted by Gasteiger charge is -2.25. The van der Waals surface area contributed by atoms with E-state index in [4.69, 9.17) is 8.85 Å². The predicted octanol–water partition coefficient (Wildman–Crippen LogP) is 2.96. The molecule has 0 unspecified atom stereocenters. The molecule has 86 valence electrons. The highest BCUT2D eigenvalue weighted by atomic mass is 28.3. The molecule has 0 saturated carbocycles. The first-order valence-electron chi connectivity index (χ1n) is 5.56. The Labute approximate surface area is 90.8 Å². The largest absolute Gasteiger partial charge is 0.400 e. The molecule has 0 radical (unpaired) electrons. The van der Waals surface area contributed by atoms with Gasteiger partial charge in [-0.15, -0.1) is 0 Å². The van der Waals surface area contributed by atoms with Gasteiger partial charge in [0, 0.05) is 19.8 Å². The lowest BCUT2D eigenvalue weighted by Crippen LogP contribution is -2.28. The Kier molecular flexibility index (Phi) is 7.50. The van der Waals surface area contributed by atoms with E-state index in [1.54, 1.807) is 14.2 Å². The summed E-state index contributed by atoms with van der Waals surface area (Å²) in [6, 6.07) is 0. The predicted molar refractivity (Wildman–Crippen MR) is 63.8 cm³/mol. The fraction of sp³-hybridized carbons (Fsp3) is 1.00. The number of hydrogen-bond acceptors (Lipinski definition) is 2. The lowest BCUT2D eigenvalue weighted by molar-refractivity contribution is 0.250. The van der Waals surface area contributed by atoms with Gasteiger partial charge in [-0.2, -0.15) is 0 Å². The maximum absolute atomic E-state index is 5.48. The smallest absolute Gasteiger partial charge is 0.324 e. The Morgan fingerprint density at radius 2 is 1.21 bits per heavy atom. The molecule has 0 saturated heterocycles. The SMILES string of the molecule is CO[SiH](OC)C(CC(C)C)CC(C)C. The maximum Gasteiger partial charge on any atom is 0.324 e. The van der Waals surface area contributed by atoms with Crippen molar-refractivity contribution in [1.29, 1.82) is 0 Å². The van der Waals surface area contributed by atoms with E-state index in [0.29, 0.717) is 5.54 Å². The standard InChI is InChI=1S/C11H26O2Si/c1-9(2)7-11(8-10(3)4)14(12-5)13-6/h9-11,14H,7-8H2,1-6H3. The van der Waals surface area contributed by atoms with Crippen LogP contribution in [-0.2, 0) is 8.85 Å². The van der Waals surface area contributed by atoms with Gasteiger partial charge in [-0.1, -0.05) is 27.7 Å². The number of hydrogen-bond donors (Lipinski definition) is 0. The average Bonchev–Trinajstić information content (AvgIpc) is 2.03. The van der Waals surface area contributed by atoms with Gasteiger partial charge in [0.2, 0.25) is 0 Å². The van der Waals surface area contributed by atoms with Gasteiger partial charge in [-0.05, 0) is 24.7 Å². The second kappa shape index (κ2) is 7.43. The van der Waals surface area contributed by atoms with Crippen LogP contribution in [0, 0.1) is 11.8 Å². The quantitative estimate of drug-likeness (QED) is 0.612. The van der Waals surface area contributed by atoms with Gasteiger partial charge in [0.15, 0.2) is 0 Å². The van der Waals surface area contributed by atoms with E-state index in [1.807, 2.05) is 0 Å². The van der Waals surface area contributed by atoms with E-state index in [2.05, 4.69) is 27.7 Å². The monoisotopic (exact) mass is 218 g/mol. The molecule has 0 N–H and O–H groups in total. The van der Waals surface area contributed by atoms with Crippen molar-refractivity contribution < 1.29 is 8.85 Å². The lowest BCUT2D eigenvalue weighted by atomic mass is 10.0. The zero-order valence-corrected chi connectivity index (χ0v) is 11.7. The summed E-state index contributed by atoms with van der Waals surface area (Å²) in [5.74, 6) is 1.47. The van der Waals surface area contributed by atoms with Gasteiger partial charge in [-0.3, -0.25) is 0 Å². The van der Waals surface area contributed by atoms with Gasteiger partial charge in [-0.25, -0.2) is 0 Å². The summed E-state index contributed by atoms with van der Waals surface area (Å²) in [5.41, 5.74) is 0.657. The van der Waals surface area contributed by atoms with Crippen LogP contribution >= 0.6 is 0 Å². The van der Waals surface area contributed by atoms with Crippen LogP contribution in [0.2, 0.25) is 5.54 Å². The van der Waals surface area contributed by atoms with E-state index >= 15 is 0 Å². The zero-order chi connectivity index (χ0) is 11.1. The Morgan fingerprint density at radius 1 is 0.857 bits per heavy atom. The zero-order valence-electron chi connectivity index (χ0n) is 10.5. The molecule has 0 aliphatic heterocycles. The summed E-state index contributed by atoms with van der Waals surface area (Å²) < 4.78 is 11.0. The van der Waals surface area contributed by atoms with Crippen LogP contribution in [0.3, 0.4) is 0 Å². The van der Waals surface area contributed by atoms with Crippen LogP contribution in [0.25, 0.3) is 0 Å². The number of rotatable bonds is 7. The molecule has 0 fully saturated rings. The highest BCUT2D eigenvalue weighted by molar-refractivity contribution is 6.46. The molecule has 0 bridgehead atoms. The summed E-state index contributed by atoms with van der Waals surface area (Å²) in [7, 11) is 2.15. The van der Waals surface area contributed by atoms with Crippen LogP contribution in [0.15, 0.2) is 0 Å². The first-order valence-corrected chi connectivity index (χ1v) is 7.17. The molecule has 0 aromatic heterocycles. The minimum absolute atomic E-state index is 0.657. The van der Waals surface area contributed by atoms with Crippen molar-refractivity contribution in [2.75, 3.05) is 14.2 Å². The summed E-state index contributed by atoms with van der Waals surface area (Å²) >= 11 is 0. The fourth-order valence-electron chi connectivity index (χ4n) is 2.01. The van der Waals surface area contributed by atoms with Gasteiger partial charge < -0.3 is 8.85 Å². The van der Waals surface area contributed by atoms with E-state index in [9.17, 15) is 0 Å². The second-order valence-corrected chi connectivity index (χ2v) is 7.48. The van der Waals surface area contributed by atoms with E-state index < -0.39 is 9.28 Å². The summed E-state index contributed by atoms with van der Waals surface area (Å²) in [4.78, 5) is 0. The molecule has 2 nitrogen and oxygen atoms in total. The Balaban J connectivity index is 4.20. The van der Waals surface area contributed by atoms with Crippen LogP contribution in [0.4, 0.5) is 0 Å². The fourth-order valence-corrected chi connectivity index (χ4v) is 4.51. The molecule has 0 atom stereocenters. The van der Waals surface area contributed by atoms with E-state index in [0.717, 1.165) is 11.8 Å². The van der Waals surface area contributed by atoms with Crippen LogP contribution in [0.5, 0.6) is 0 Å².